The largest absolute Gasteiger partial charge is 0.454 e. The number of nitrogens with one attached hydrogen (secondary N) is 1. The van der Waals surface area contributed by atoms with Crippen LogP contribution < -0.4 is 5.32 Å². The average molecular weight is 393 g/mol. The van der Waals surface area contributed by atoms with Gasteiger partial charge in [-0.25, -0.2) is 4.79 Å². The molecule has 27 heavy (non-hydrogen) atoms. The van der Waals surface area contributed by atoms with Crippen LogP contribution in [0.5, 0.6) is 0 Å². The monoisotopic (exact) mass is 392 g/mol. The van der Waals surface area contributed by atoms with Crippen LogP contribution in [0, 0.1) is 11.8 Å². The maximum absolute atomic E-state index is 12.5. The zero-order valence-electron chi connectivity index (χ0n) is 14.9. The fourth-order valence-corrected chi connectivity index (χ4v) is 3.86. The highest BCUT2D eigenvalue weighted by Gasteiger charge is 2.51. The van der Waals surface area contributed by atoms with Gasteiger partial charge in [0.05, 0.1) is 22.5 Å². The van der Waals surface area contributed by atoms with Crippen molar-refractivity contribution in [2.45, 2.75) is 38.6 Å². The summed E-state index contributed by atoms with van der Waals surface area (Å²) in [5.41, 5.74) is 0.405. The number of anilines is 1. The molecule has 2 aliphatic rings. The molecule has 1 aromatic carbocycles. The molecule has 8 heteroatoms. The number of likely N-dealkylation sites (tertiary alicyclic amines) is 1. The highest BCUT2D eigenvalue weighted by Crippen LogP contribution is 2.38. The summed E-state index contributed by atoms with van der Waals surface area (Å²) in [4.78, 5) is 50.3. The zero-order chi connectivity index (χ0) is 19.6. The van der Waals surface area contributed by atoms with Crippen molar-refractivity contribution in [1.29, 1.82) is 0 Å². The molecule has 1 aliphatic carbocycles. The van der Waals surface area contributed by atoms with Gasteiger partial charge in [0.25, 0.3) is 5.91 Å². The molecule has 1 N–H and O–H groups in total. The Kier molecular flexibility index (Phi) is 5.79. The minimum Gasteiger partial charge on any atom is -0.454 e. The molecule has 7 nitrogen and oxygen atoms in total. The van der Waals surface area contributed by atoms with Crippen LogP contribution in [0.1, 0.15) is 32.6 Å². The van der Waals surface area contributed by atoms with Gasteiger partial charge in [-0.3, -0.25) is 19.3 Å². The number of carbonyl (C=O) groups is 4. The normalized spacial score (nSPS) is 23.0. The number of benzene rings is 1. The molecule has 0 spiro atoms. The van der Waals surface area contributed by atoms with E-state index in [4.69, 9.17) is 16.3 Å². The molecule has 3 atom stereocenters. The van der Waals surface area contributed by atoms with Crippen molar-refractivity contribution in [3.05, 3.63) is 29.3 Å². The van der Waals surface area contributed by atoms with E-state index in [0.717, 1.165) is 17.7 Å². The lowest BCUT2D eigenvalue weighted by Gasteiger charge is -2.21. The number of carbonyl (C=O) groups excluding carboxylic acids is 4. The molecule has 1 aliphatic heterocycles. The van der Waals surface area contributed by atoms with Gasteiger partial charge < -0.3 is 10.1 Å². The highest BCUT2D eigenvalue weighted by atomic mass is 35.5. The summed E-state index contributed by atoms with van der Waals surface area (Å²) >= 11 is 5.96. The molecular formula is C19H21ClN2O5. The first kappa shape index (κ1) is 19.4. The minimum absolute atomic E-state index is 0.310. The van der Waals surface area contributed by atoms with Gasteiger partial charge in [-0.2, -0.15) is 0 Å². The number of imide groups is 1. The van der Waals surface area contributed by atoms with Gasteiger partial charge in [-0.1, -0.05) is 36.6 Å². The summed E-state index contributed by atoms with van der Waals surface area (Å²) in [6.45, 7) is 0.916. The van der Waals surface area contributed by atoms with Gasteiger partial charge >= 0.3 is 5.97 Å². The van der Waals surface area contributed by atoms with Gasteiger partial charge in [0, 0.05) is 0 Å². The molecular weight excluding hydrogens is 372 g/mol. The van der Waals surface area contributed by atoms with Crippen LogP contribution in [0.4, 0.5) is 5.69 Å². The second kappa shape index (κ2) is 8.08. The Morgan fingerprint density at radius 2 is 1.78 bits per heavy atom. The quantitative estimate of drug-likeness (QED) is 0.613. The molecule has 3 amide bonds. The predicted octanol–water partition coefficient (Wildman–Crippen LogP) is 2.39. The Balaban J connectivity index is 1.56. The molecule has 1 saturated heterocycles. The lowest BCUT2D eigenvalue weighted by atomic mass is 9.81. The third-order valence-electron chi connectivity index (χ3n) is 5.10. The van der Waals surface area contributed by atoms with Crippen molar-refractivity contribution < 1.29 is 23.9 Å². The van der Waals surface area contributed by atoms with Gasteiger partial charge in [0.2, 0.25) is 11.8 Å². The van der Waals surface area contributed by atoms with Crippen LogP contribution in [-0.4, -0.2) is 41.2 Å². The van der Waals surface area contributed by atoms with Gasteiger partial charge in [-0.05, 0) is 31.9 Å². The molecule has 0 aromatic heterocycles. The maximum Gasteiger partial charge on any atom is 0.329 e. The fraction of sp³-hybridized carbons (Fsp3) is 0.474. The minimum atomic E-state index is -1.05. The van der Waals surface area contributed by atoms with Crippen molar-refractivity contribution in [2.24, 2.45) is 11.8 Å². The van der Waals surface area contributed by atoms with Crippen LogP contribution >= 0.6 is 11.6 Å². The number of nitrogens with zero attached hydrogens (tertiary/aromatic N) is 1. The SMILES string of the molecule is C[C@@H](C(=O)OCC(=O)Nc1ccccc1Cl)N1C(=O)[C@H]2CCCC[C@H]2C1=O. The third kappa shape index (κ3) is 3.98. The van der Waals surface area contributed by atoms with Crippen LogP contribution in [0.15, 0.2) is 24.3 Å². The Morgan fingerprint density at radius 3 is 2.37 bits per heavy atom. The summed E-state index contributed by atoms with van der Waals surface area (Å²) in [5, 5.41) is 2.90. The number of para-hydroxylation sites is 1. The highest BCUT2D eigenvalue weighted by molar-refractivity contribution is 6.33. The standard InChI is InChI=1S/C19H21ClN2O5/c1-11(22-17(24)12-6-2-3-7-13(12)18(22)25)19(26)27-10-16(23)21-15-9-5-4-8-14(15)20/h4-5,8-9,11-13H,2-3,6-7,10H2,1H3,(H,21,23)/t11-,12-,13+/m0/s1. The Morgan fingerprint density at radius 1 is 1.19 bits per heavy atom. The summed E-state index contributed by atoms with van der Waals surface area (Å²) in [6.07, 6.45) is 3.17. The lowest BCUT2D eigenvalue weighted by molar-refractivity contribution is -0.159. The number of hydrogen-bond donors (Lipinski definition) is 1. The summed E-state index contributed by atoms with van der Waals surface area (Å²) in [5.74, 6) is -2.62. The van der Waals surface area contributed by atoms with Crippen molar-refractivity contribution in [2.75, 3.05) is 11.9 Å². The molecule has 1 aromatic rings. The van der Waals surface area contributed by atoms with Crippen LogP contribution in [0.25, 0.3) is 0 Å². The fourth-order valence-electron chi connectivity index (χ4n) is 3.68. The lowest BCUT2D eigenvalue weighted by Crippen LogP contribution is -2.45. The molecule has 0 radical (unpaired) electrons. The van der Waals surface area contributed by atoms with E-state index in [2.05, 4.69) is 5.32 Å². The second-order valence-electron chi connectivity index (χ2n) is 6.86. The van der Waals surface area contributed by atoms with Crippen LogP contribution in [0.2, 0.25) is 5.02 Å². The molecule has 0 bridgehead atoms. The number of rotatable bonds is 5. The Hall–Kier alpha value is -2.41. The number of amides is 3. The van der Waals surface area contributed by atoms with E-state index >= 15 is 0 Å². The molecule has 1 heterocycles. The van der Waals surface area contributed by atoms with E-state index in [1.165, 1.54) is 6.92 Å². The topological polar surface area (TPSA) is 92.8 Å². The smallest absolute Gasteiger partial charge is 0.329 e. The average Bonchev–Trinajstić information content (AvgIpc) is 2.92. The third-order valence-corrected chi connectivity index (χ3v) is 5.43. The predicted molar refractivity (Wildman–Crippen MR) is 97.8 cm³/mol. The number of ether oxygens (including phenoxy) is 1. The van der Waals surface area contributed by atoms with Crippen molar-refractivity contribution >= 4 is 41.0 Å². The molecule has 144 valence electrons. The van der Waals surface area contributed by atoms with Crippen LogP contribution in [-0.2, 0) is 23.9 Å². The molecule has 3 rings (SSSR count). The second-order valence-corrected chi connectivity index (χ2v) is 7.26. The summed E-state index contributed by atoms with van der Waals surface area (Å²) in [7, 11) is 0. The first-order chi connectivity index (χ1) is 12.9. The number of halogens is 1. The van der Waals surface area contributed by atoms with E-state index in [1.54, 1.807) is 24.3 Å². The van der Waals surface area contributed by atoms with E-state index in [-0.39, 0.29) is 23.7 Å². The molecule has 2 fully saturated rings. The summed E-state index contributed by atoms with van der Waals surface area (Å²) in [6, 6.07) is 5.62. The Labute approximate surface area is 162 Å². The molecule has 0 unspecified atom stereocenters. The summed E-state index contributed by atoms with van der Waals surface area (Å²) < 4.78 is 5.00. The van der Waals surface area contributed by atoms with E-state index in [9.17, 15) is 19.2 Å². The van der Waals surface area contributed by atoms with Gasteiger partial charge in [-0.15, -0.1) is 0 Å². The Bertz CT molecular complexity index is 757. The first-order valence-electron chi connectivity index (χ1n) is 8.98. The number of hydrogen-bond acceptors (Lipinski definition) is 5. The first-order valence-corrected chi connectivity index (χ1v) is 9.36. The number of fused-ring (bicyclic) bond motifs is 1. The van der Waals surface area contributed by atoms with E-state index in [0.29, 0.717) is 23.6 Å². The van der Waals surface area contributed by atoms with Gasteiger partial charge in [0.15, 0.2) is 6.61 Å². The van der Waals surface area contributed by atoms with E-state index in [1.807, 2.05) is 0 Å². The van der Waals surface area contributed by atoms with Crippen LogP contribution in [0.3, 0.4) is 0 Å². The van der Waals surface area contributed by atoms with E-state index < -0.39 is 24.5 Å². The van der Waals surface area contributed by atoms with Crippen molar-refractivity contribution in [1.82, 2.24) is 4.90 Å². The van der Waals surface area contributed by atoms with Gasteiger partial charge in [0.1, 0.15) is 6.04 Å². The zero-order valence-corrected chi connectivity index (χ0v) is 15.7. The van der Waals surface area contributed by atoms with Crippen molar-refractivity contribution in [3.63, 3.8) is 0 Å². The number of esters is 1. The van der Waals surface area contributed by atoms with Crippen molar-refractivity contribution in [3.8, 4) is 0 Å². The molecule has 1 saturated carbocycles. The maximum atomic E-state index is 12.5.